The van der Waals surface area contributed by atoms with Crippen LogP contribution in [0, 0.1) is 0 Å². The summed E-state index contributed by atoms with van der Waals surface area (Å²) < 4.78 is 0. The van der Waals surface area contributed by atoms with Crippen molar-refractivity contribution in [3.8, 4) is 0 Å². The molecule has 1 heterocycles. The van der Waals surface area contributed by atoms with E-state index < -0.39 is 0 Å². The summed E-state index contributed by atoms with van der Waals surface area (Å²) in [4.78, 5) is 4.66. The van der Waals surface area contributed by atoms with Crippen LogP contribution in [0.4, 0.5) is 11.4 Å². The first-order chi connectivity index (χ1) is 10.2. The van der Waals surface area contributed by atoms with Crippen LogP contribution in [0.2, 0.25) is 0 Å². The molecule has 0 saturated carbocycles. The van der Waals surface area contributed by atoms with Gasteiger partial charge in [0.2, 0.25) is 0 Å². The third-order valence-electron chi connectivity index (χ3n) is 4.51. The molecule has 0 saturated heterocycles. The largest absolute Gasteiger partial charge is 0.345 e. The molecule has 0 atom stereocenters. The summed E-state index contributed by atoms with van der Waals surface area (Å²) in [6, 6.07) is 15.8. The highest BCUT2D eigenvalue weighted by molar-refractivity contribution is 5.64. The van der Waals surface area contributed by atoms with E-state index >= 15 is 0 Å². The van der Waals surface area contributed by atoms with Crippen LogP contribution >= 0.6 is 0 Å². The molecule has 2 aromatic carbocycles. The topological polar surface area (TPSA) is 6.48 Å². The first-order valence-electron chi connectivity index (χ1n) is 7.80. The third kappa shape index (κ3) is 2.96. The van der Waals surface area contributed by atoms with Gasteiger partial charge in [0.15, 0.2) is 0 Å². The Kier molecular flexibility index (Phi) is 3.98. The quantitative estimate of drug-likeness (QED) is 0.838. The molecule has 0 aromatic heterocycles. The predicted octanol–water partition coefficient (Wildman–Crippen LogP) is 4.00. The van der Waals surface area contributed by atoms with Crippen LogP contribution in [0.25, 0.3) is 0 Å². The van der Waals surface area contributed by atoms with Crippen LogP contribution in [0.1, 0.15) is 23.6 Å². The number of nitrogens with zero attached hydrogens (tertiary/aromatic N) is 2. The Labute approximate surface area is 128 Å². The van der Waals surface area contributed by atoms with Gasteiger partial charge in [-0.2, -0.15) is 0 Å². The fraction of sp³-hybridized carbons (Fsp3) is 0.368. The molecule has 110 valence electrons. The molecule has 0 unspecified atom stereocenters. The molecule has 0 N–H and O–H groups in total. The van der Waals surface area contributed by atoms with Crippen molar-refractivity contribution in [2.24, 2.45) is 0 Å². The Hall–Kier alpha value is -1.80. The maximum absolute atomic E-state index is 2.38. The van der Waals surface area contributed by atoms with E-state index in [0.29, 0.717) is 0 Å². The molecule has 0 spiro atoms. The van der Waals surface area contributed by atoms with Gasteiger partial charge in [0.25, 0.3) is 0 Å². The van der Waals surface area contributed by atoms with Gasteiger partial charge in [-0.25, -0.2) is 0 Å². The van der Waals surface area contributed by atoms with Crippen molar-refractivity contribution in [3.63, 3.8) is 0 Å². The van der Waals surface area contributed by atoms with Crippen molar-refractivity contribution in [3.05, 3.63) is 59.2 Å². The average molecular weight is 280 g/mol. The van der Waals surface area contributed by atoms with Crippen LogP contribution in [0.5, 0.6) is 0 Å². The second-order valence-corrected chi connectivity index (χ2v) is 6.02. The van der Waals surface area contributed by atoms with Crippen molar-refractivity contribution >= 4 is 11.4 Å². The fourth-order valence-electron chi connectivity index (χ4n) is 2.99. The van der Waals surface area contributed by atoms with Gasteiger partial charge in [0, 0.05) is 31.5 Å². The lowest BCUT2D eigenvalue weighted by molar-refractivity contribution is 0.313. The summed E-state index contributed by atoms with van der Waals surface area (Å²) >= 11 is 0. The normalized spacial score (nSPS) is 14.8. The van der Waals surface area contributed by atoms with E-state index in [0.717, 1.165) is 25.9 Å². The predicted molar refractivity (Wildman–Crippen MR) is 90.4 cm³/mol. The number of fused-ring (bicyclic) bond motifs is 1. The molecule has 0 bridgehead atoms. The Morgan fingerprint density at radius 3 is 2.43 bits per heavy atom. The van der Waals surface area contributed by atoms with Gasteiger partial charge < -0.3 is 9.80 Å². The lowest BCUT2D eigenvalue weighted by Crippen LogP contribution is -2.26. The molecule has 3 rings (SSSR count). The van der Waals surface area contributed by atoms with Gasteiger partial charge in [-0.1, -0.05) is 25.1 Å². The number of likely N-dealkylation sites (N-methyl/N-ethyl adjacent to an activating group) is 1. The van der Waals surface area contributed by atoms with Crippen LogP contribution in [0.3, 0.4) is 0 Å². The van der Waals surface area contributed by atoms with Crippen molar-refractivity contribution in [1.29, 1.82) is 0 Å². The minimum atomic E-state index is 1.07. The van der Waals surface area contributed by atoms with Gasteiger partial charge in [-0.05, 0) is 60.8 Å². The number of rotatable bonds is 3. The Bertz CT molecular complexity index is 616. The number of benzene rings is 2. The summed E-state index contributed by atoms with van der Waals surface area (Å²) in [6.07, 6.45) is 2.25. The number of hydrogen-bond donors (Lipinski definition) is 0. The van der Waals surface area contributed by atoms with Crippen molar-refractivity contribution < 1.29 is 0 Å². The molecule has 21 heavy (non-hydrogen) atoms. The van der Waals surface area contributed by atoms with Crippen molar-refractivity contribution in [2.75, 3.05) is 25.5 Å². The van der Waals surface area contributed by atoms with Crippen LogP contribution < -0.4 is 4.90 Å². The molecule has 0 aliphatic carbocycles. The minimum absolute atomic E-state index is 1.07. The number of aryl methyl sites for hydroxylation is 1. The fourth-order valence-corrected chi connectivity index (χ4v) is 2.99. The zero-order valence-electron chi connectivity index (χ0n) is 13.3. The summed E-state index contributed by atoms with van der Waals surface area (Å²) in [5.74, 6) is 0. The van der Waals surface area contributed by atoms with E-state index in [-0.39, 0.29) is 0 Å². The van der Waals surface area contributed by atoms with Crippen molar-refractivity contribution in [2.45, 2.75) is 26.3 Å². The molecule has 1 aliphatic rings. The first kappa shape index (κ1) is 14.2. The molecule has 2 aromatic rings. The molecule has 1 aliphatic heterocycles. The summed E-state index contributed by atoms with van der Waals surface area (Å²) in [5, 5.41) is 0. The standard InChI is InChI=1S/C19H24N2/c1-4-15-5-8-18(9-6-15)21(3)19-10-7-17-14-20(2)12-11-16(17)13-19/h5-10,13H,4,11-12,14H2,1-3H3. The molecular weight excluding hydrogens is 256 g/mol. The maximum Gasteiger partial charge on any atom is 0.0411 e. The SMILES string of the molecule is CCc1ccc(N(C)c2ccc3c(c2)CCN(C)C3)cc1. The van der Waals surface area contributed by atoms with Gasteiger partial charge in [-0.15, -0.1) is 0 Å². The van der Waals surface area contributed by atoms with E-state index in [1.165, 1.54) is 28.1 Å². The van der Waals surface area contributed by atoms with Gasteiger partial charge in [0.05, 0.1) is 0 Å². The Morgan fingerprint density at radius 2 is 1.71 bits per heavy atom. The number of anilines is 2. The highest BCUT2D eigenvalue weighted by Crippen LogP contribution is 2.28. The van der Waals surface area contributed by atoms with Gasteiger partial charge in [-0.3, -0.25) is 0 Å². The zero-order chi connectivity index (χ0) is 14.8. The number of hydrogen-bond acceptors (Lipinski definition) is 2. The highest BCUT2D eigenvalue weighted by Gasteiger charge is 2.14. The lowest BCUT2D eigenvalue weighted by atomic mass is 9.99. The maximum atomic E-state index is 2.38. The van der Waals surface area contributed by atoms with Crippen molar-refractivity contribution in [1.82, 2.24) is 4.90 Å². The van der Waals surface area contributed by atoms with E-state index in [4.69, 9.17) is 0 Å². The van der Waals surface area contributed by atoms with E-state index in [1.54, 1.807) is 0 Å². The summed E-state index contributed by atoms with van der Waals surface area (Å²) in [6.45, 7) is 4.43. The summed E-state index contributed by atoms with van der Waals surface area (Å²) in [5.41, 5.74) is 6.90. The zero-order valence-corrected chi connectivity index (χ0v) is 13.3. The second kappa shape index (κ2) is 5.90. The van der Waals surface area contributed by atoms with Crippen LogP contribution in [-0.2, 0) is 19.4 Å². The lowest BCUT2D eigenvalue weighted by Gasteiger charge is -2.27. The molecule has 2 nitrogen and oxygen atoms in total. The average Bonchev–Trinajstić information content (AvgIpc) is 2.53. The van der Waals surface area contributed by atoms with E-state index in [1.807, 2.05) is 0 Å². The Morgan fingerprint density at radius 1 is 1.00 bits per heavy atom. The Balaban J connectivity index is 1.85. The van der Waals surface area contributed by atoms with Gasteiger partial charge >= 0.3 is 0 Å². The minimum Gasteiger partial charge on any atom is -0.345 e. The smallest absolute Gasteiger partial charge is 0.0411 e. The van der Waals surface area contributed by atoms with Crippen LogP contribution in [0.15, 0.2) is 42.5 Å². The third-order valence-corrected chi connectivity index (χ3v) is 4.51. The molecule has 0 amide bonds. The summed E-state index contributed by atoms with van der Waals surface area (Å²) in [7, 11) is 4.34. The van der Waals surface area contributed by atoms with Crippen LogP contribution in [-0.4, -0.2) is 25.5 Å². The van der Waals surface area contributed by atoms with E-state index in [2.05, 4.69) is 73.3 Å². The van der Waals surface area contributed by atoms with Gasteiger partial charge in [0.1, 0.15) is 0 Å². The second-order valence-electron chi connectivity index (χ2n) is 6.02. The molecule has 0 radical (unpaired) electrons. The first-order valence-corrected chi connectivity index (χ1v) is 7.80. The monoisotopic (exact) mass is 280 g/mol. The highest BCUT2D eigenvalue weighted by atomic mass is 15.1. The van der Waals surface area contributed by atoms with E-state index in [9.17, 15) is 0 Å². The molecule has 2 heteroatoms. The molecule has 0 fully saturated rings. The molecular formula is C19H24N2.